The number of benzene rings is 2. The average molecular weight is 363 g/mol. The van der Waals surface area contributed by atoms with Crippen molar-refractivity contribution < 1.29 is 22.7 Å². The van der Waals surface area contributed by atoms with Gasteiger partial charge in [0.25, 0.3) is 0 Å². The topological polar surface area (TPSA) is 81.7 Å². The second kappa shape index (κ2) is 8.02. The van der Waals surface area contributed by atoms with Crippen LogP contribution in [-0.2, 0) is 20.5 Å². The maximum atomic E-state index is 12.3. The molecule has 0 spiro atoms. The minimum atomic E-state index is -3.57. The molecule has 0 fully saturated rings. The summed E-state index contributed by atoms with van der Waals surface area (Å²) in [5.74, 6) is 0.0196. The molecule has 134 valence electrons. The van der Waals surface area contributed by atoms with Gasteiger partial charge in [-0.05, 0) is 55.8 Å². The molecule has 0 aromatic heterocycles. The summed E-state index contributed by atoms with van der Waals surface area (Å²) in [4.78, 5) is 11.4. The molecule has 6 nitrogen and oxygen atoms in total. The van der Waals surface area contributed by atoms with Gasteiger partial charge < -0.3 is 9.47 Å². The second-order valence-electron chi connectivity index (χ2n) is 5.74. The maximum Gasteiger partial charge on any atom is 0.337 e. The molecule has 2 rings (SSSR count). The molecule has 2 aromatic rings. The highest BCUT2D eigenvalue weighted by Gasteiger charge is 2.13. The van der Waals surface area contributed by atoms with E-state index in [2.05, 4.69) is 9.46 Å². The van der Waals surface area contributed by atoms with Crippen molar-refractivity contribution in [3.63, 3.8) is 0 Å². The Morgan fingerprint density at radius 3 is 2.16 bits per heavy atom. The Bertz CT molecular complexity index is 812. The van der Waals surface area contributed by atoms with Gasteiger partial charge in [-0.3, -0.25) is 4.72 Å². The van der Waals surface area contributed by atoms with Crippen molar-refractivity contribution in [1.29, 1.82) is 0 Å². The summed E-state index contributed by atoms with van der Waals surface area (Å²) in [6.45, 7) is 3.84. The van der Waals surface area contributed by atoms with Gasteiger partial charge in [-0.2, -0.15) is 0 Å². The average Bonchev–Trinajstić information content (AvgIpc) is 2.55. The summed E-state index contributed by atoms with van der Waals surface area (Å²) < 4.78 is 37.2. The zero-order chi connectivity index (χ0) is 18.4. The lowest BCUT2D eigenvalue weighted by Gasteiger charge is -2.11. The van der Waals surface area contributed by atoms with E-state index in [9.17, 15) is 13.2 Å². The lowest BCUT2D eigenvalue weighted by Crippen LogP contribution is -2.15. The Kier molecular flexibility index (Phi) is 6.03. The van der Waals surface area contributed by atoms with Crippen LogP contribution in [0.1, 0.15) is 29.8 Å². The molecule has 0 atom stereocenters. The number of sulfonamides is 1. The Labute approximate surface area is 147 Å². The van der Waals surface area contributed by atoms with Crippen LogP contribution in [0.4, 0.5) is 5.69 Å². The van der Waals surface area contributed by atoms with E-state index >= 15 is 0 Å². The van der Waals surface area contributed by atoms with Crippen LogP contribution in [0.15, 0.2) is 48.5 Å². The number of esters is 1. The van der Waals surface area contributed by atoms with Crippen molar-refractivity contribution in [3.05, 3.63) is 59.7 Å². The SMILES string of the molecule is COC(=O)c1ccc(CS(=O)(=O)Nc2ccc(OC(C)C)cc2)cc1. The summed E-state index contributed by atoms with van der Waals surface area (Å²) in [5, 5.41) is 0. The molecule has 0 amide bonds. The summed E-state index contributed by atoms with van der Waals surface area (Å²) >= 11 is 0. The van der Waals surface area contributed by atoms with Crippen molar-refractivity contribution in [3.8, 4) is 5.75 Å². The predicted molar refractivity (Wildman–Crippen MR) is 96.2 cm³/mol. The lowest BCUT2D eigenvalue weighted by molar-refractivity contribution is 0.0600. The van der Waals surface area contributed by atoms with Gasteiger partial charge in [-0.15, -0.1) is 0 Å². The minimum Gasteiger partial charge on any atom is -0.491 e. The smallest absolute Gasteiger partial charge is 0.337 e. The number of rotatable bonds is 7. The number of hydrogen-bond acceptors (Lipinski definition) is 5. The second-order valence-corrected chi connectivity index (χ2v) is 7.46. The molecule has 0 aliphatic carbocycles. The van der Waals surface area contributed by atoms with Gasteiger partial charge >= 0.3 is 5.97 Å². The van der Waals surface area contributed by atoms with Crippen molar-refractivity contribution in [2.75, 3.05) is 11.8 Å². The van der Waals surface area contributed by atoms with Crippen LogP contribution in [0.5, 0.6) is 5.75 Å². The molecule has 0 saturated heterocycles. The van der Waals surface area contributed by atoms with Crippen LogP contribution in [-0.4, -0.2) is 27.6 Å². The van der Waals surface area contributed by atoms with E-state index in [1.165, 1.54) is 19.2 Å². The van der Waals surface area contributed by atoms with Crippen molar-refractivity contribution in [1.82, 2.24) is 0 Å². The van der Waals surface area contributed by atoms with Crippen LogP contribution in [0.25, 0.3) is 0 Å². The van der Waals surface area contributed by atoms with E-state index in [0.717, 1.165) is 0 Å². The quantitative estimate of drug-likeness (QED) is 0.764. The van der Waals surface area contributed by atoms with Crippen LogP contribution in [0.2, 0.25) is 0 Å². The molecule has 0 radical (unpaired) electrons. The highest BCUT2D eigenvalue weighted by Crippen LogP contribution is 2.19. The Balaban J connectivity index is 2.02. The van der Waals surface area contributed by atoms with E-state index in [1.54, 1.807) is 36.4 Å². The number of methoxy groups -OCH3 is 1. The third-order valence-corrected chi connectivity index (χ3v) is 4.49. The largest absolute Gasteiger partial charge is 0.491 e. The molecule has 25 heavy (non-hydrogen) atoms. The Hall–Kier alpha value is -2.54. The number of anilines is 1. The Morgan fingerprint density at radius 1 is 1.04 bits per heavy atom. The summed E-state index contributed by atoms with van der Waals surface area (Å²) in [5.41, 5.74) is 1.40. The van der Waals surface area contributed by atoms with Crippen molar-refractivity contribution in [2.45, 2.75) is 25.7 Å². The van der Waals surface area contributed by atoms with E-state index in [1.807, 2.05) is 13.8 Å². The molecule has 0 bridgehead atoms. The van der Waals surface area contributed by atoms with E-state index in [-0.39, 0.29) is 11.9 Å². The van der Waals surface area contributed by atoms with Gasteiger partial charge in [0.1, 0.15) is 5.75 Å². The van der Waals surface area contributed by atoms with E-state index in [4.69, 9.17) is 4.74 Å². The molecule has 0 heterocycles. The summed E-state index contributed by atoms with van der Waals surface area (Å²) in [6, 6.07) is 13.0. The first-order valence-corrected chi connectivity index (χ1v) is 9.39. The van der Waals surface area contributed by atoms with Crippen molar-refractivity contribution in [2.24, 2.45) is 0 Å². The van der Waals surface area contributed by atoms with Gasteiger partial charge in [0.15, 0.2) is 0 Å². The monoisotopic (exact) mass is 363 g/mol. The molecule has 7 heteroatoms. The number of nitrogens with one attached hydrogen (secondary N) is 1. The fourth-order valence-electron chi connectivity index (χ4n) is 2.16. The van der Waals surface area contributed by atoms with Gasteiger partial charge in [0, 0.05) is 5.69 Å². The van der Waals surface area contributed by atoms with E-state index in [0.29, 0.717) is 22.6 Å². The molecule has 0 aliphatic heterocycles. The first-order chi connectivity index (χ1) is 11.8. The number of hydrogen-bond donors (Lipinski definition) is 1. The molecule has 1 N–H and O–H groups in total. The normalized spacial score (nSPS) is 11.2. The predicted octanol–water partition coefficient (Wildman–Crippen LogP) is 3.20. The summed E-state index contributed by atoms with van der Waals surface area (Å²) in [6.07, 6.45) is 0.0514. The molecular formula is C18H21NO5S. The third kappa shape index (κ3) is 5.79. The van der Waals surface area contributed by atoms with Gasteiger partial charge in [-0.25, -0.2) is 13.2 Å². The maximum absolute atomic E-state index is 12.3. The van der Waals surface area contributed by atoms with Crippen LogP contribution >= 0.6 is 0 Å². The van der Waals surface area contributed by atoms with Gasteiger partial charge in [-0.1, -0.05) is 12.1 Å². The van der Waals surface area contributed by atoms with Crippen molar-refractivity contribution >= 4 is 21.7 Å². The zero-order valence-corrected chi connectivity index (χ0v) is 15.2. The molecule has 0 unspecified atom stereocenters. The highest BCUT2D eigenvalue weighted by atomic mass is 32.2. The zero-order valence-electron chi connectivity index (χ0n) is 14.4. The minimum absolute atomic E-state index is 0.0514. The standard InChI is InChI=1S/C18H21NO5S/c1-13(2)24-17-10-8-16(9-11-17)19-25(21,22)12-14-4-6-15(7-5-14)18(20)23-3/h4-11,13,19H,12H2,1-3H3. The molecule has 0 saturated carbocycles. The summed E-state index contributed by atoms with van der Waals surface area (Å²) in [7, 11) is -2.28. The first-order valence-electron chi connectivity index (χ1n) is 7.73. The molecule has 0 aliphatic rings. The molecular weight excluding hydrogens is 342 g/mol. The lowest BCUT2D eigenvalue weighted by atomic mass is 10.1. The Morgan fingerprint density at radius 2 is 1.64 bits per heavy atom. The van der Waals surface area contributed by atoms with Crippen LogP contribution in [0, 0.1) is 0 Å². The molecule has 2 aromatic carbocycles. The fourth-order valence-corrected chi connectivity index (χ4v) is 3.36. The van der Waals surface area contributed by atoms with Crippen LogP contribution < -0.4 is 9.46 Å². The van der Waals surface area contributed by atoms with Crippen LogP contribution in [0.3, 0.4) is 0 Å². The third-order valence-electron chi connectivity index (χ3n) is 3.23. The fraction of sp³-hybridized carbons (Fsp3) is 0.278. The van der Waals surface area contributed by atoms with Gasteiger partial charge in [0.05, 0.1) is 24.5 Å². The number of carbonyl (C=O) groups excluding carboxylic acids is 1. The number of carbonyl (C=O) groups is 1. The number of ether oxygens (including phenoxy) is 2. The van der Waals surface area contributed by atoms with Gasteiger partial charge in [0.2, 0.25) is 10.0 Å². The highest BCUT2D eigenvalue weighted by molar-refractivity contribution is 7.91. The first kappa shape index (κ1) is 18.8. The van der Waals surface area contributed by atoms with E-state index < -0.39 is 16.0 Å².